The van der Waals surface area contributed by atoms with Crippen LogP contribution in [0.15, 0.2) is 66.3 Å². The van der Waals surface area contributed by atoms with Gasteiger partial charge in [-0.15, -0.1) is 11.3 Å². The van der Waals surface area contributed by atoms with Gasteiger partial charge in [-0.2, -0.15) is 0 Å². The molecule has 1 aromatic carbocycles. The summed E-state index contributed by atoms with van der Waals surface area (Å²) in [5.74, 6) is 0.0974. The molecule has 1 amide bonds. The molecule has 0 radical (unpaired) electrons. The normalized spacial score (nSPS) is 10.5. The fourth-order valence-electron chi connectivity index (χ4n) is 2.38. The molecule has 2 aromatic heterocycles. The predicted molar refractivity (Wildman–Crippen MR) is 94.6 cm³/mol. The Bertz CT molecular complexity index is 752. The number of rotatable bonds is 5. The Morgan fingerprint density at radius 1 is 1.13 bits per heavy atom. The summed E-state index contributed by atoms with van der Waals surface area (Å²) >= 11 is 1.61. The zero-order valence-electron chi connectivity index (χ0n) is 13.0. The topological polar surface area (TPSA) is 33.2 Å². The molecule has 0 bridgehead atoms. The summed E-state index contributed by atoms with van der Waals surface area (Å²) in [7, 11) is 0. The quantitative estimate of drug-likeness (QED) is 0.704. The second-order valence-corrected chi connectivity index (χ2v) is 6.47. The number of pyridine rings is 1. The standard InChI is InChI=1S/C19H18N2OS/c1-15-6-8-17(9-7-15)21(14-16-4-2-10-20-13-16)19(22)12-18-5-3-11-23-18/h2-11,13H,12,14H2,1H3. The van der Waals surface area contributed by atoms with E-state index in [9.17, 15) is 4.79 Å². The van der Waals surface area contributed by atoms with E-state index in [1.54, 1.807) is 23.7 Å². The van der Waals surface area contributed by atoms with Gasteiger partial charge in [-0.25, -0.2) is 0 Å². The van der Waals surface area contributed by atoms with Crippen LogP contribution in [0.5, 0.6) is 0 Å². The van der Waals surface area contributed by atoms with Crippen molar-refractivity contribution >= 4 is 22.9 Å². The zero-order valence-corrected chi connectivity index (χ0v) is 13.8. The summed E-state index contributed by atoms with van der Waals surface area (Å²) in [6.07, 6.45) is 3.97. The SMILES string of the molecule is Cc1ccc(N(Cc2cccnc2)C(=O)Cc2cccs2)cc1. The Labute approximate surface area is 140 Å². The van der Waals surface area contributed by atoms with Gasteiger partial charge in [0.05, 0.1) is 13.0 Å². The first kappa shape index (κ1) is 15.4. The summed E-state index contributed by atoms with van der Waals surface area (Å²) in [6, 6.07) is 15.9. The van der Waals surface area contributed by atoms with E-state index in [1.807, 2.05) is 65.7 Å². The zero-order chi connectivity index (χ0) is 16.1. The maximum Gasteiger partial charge on any atom is 0.232 e. The van der Waals surface area contributed by atoms with Gasteiger partial charge in [-0.05, 0) is 42.1 Å². The van der Waals surface area contributed by atoms with Crippen molar-refractivity contribution in [3.05, 3.63) is 82.3 Å². The number of aromatic nitrogens is 1. The van der Waals surface area contributed by atoms with Crippen LogP contribution in [0.1, 0.15) is 16.0 Å². The van der Waals surface area contributed by atoms with Crippen molar-refractivity contribution in [2.45, 2.75) is 19.9 Å². The third-order valence-electron chi connectivity index (χ3n) is 3.62. The lowest BCUT2D eigenvalue weighted by Gasteiger charge is -2.23. The number of nitrogens with zero attached hydrogens (tertiary/aromatic N) is 2. The average Bonchev–Trinajstić information content (AvgIpc) is 3.07. The van der Waals surface area contributed by atoms with Crippen LogP contribution in [0.2, 0.25) is 0 Å². The van der Waals surface area contributed by atoms with Crippen LogP contribution in [0.3, 0.4) is 0 Å². The van der Waals surface area contributed by atoms with E-state index in [1.165, 1.54) is 5.56 Å². The van der Waals surface area contributed by atoms with Crippen molar-refractivity contribution in [1.82, 2.24) is 4.98 Å². The van der Waals surface area contributed by atoms with Gasteiger partial charge in [0.15, 0.2) is 0 Å². The summed E-state index contributed by atoms with van der Waals surface area (Å²) in [4.78, 5) is 19.9. The molecule has 0 aliphatic carbocycles. The van der Waals surface area contributed by atoms with Crippen molar-refractivity contribution < 1.29 is 4.79 Å². The van der Waals surface area contributed by atoms with Crippen molar-refractivity contribution in [2.24, 2.45) is 0 Å². The van der Waals surface area contributed by atoms with Crippen LogP contribution in [0.4, 0.5) is 5.69 Å². The second kappa shape index (κ2) is 7.20. The fraction of sp³-hybridized carbons (Fsp3) is 0.158. The first-order valence-electron chi connectivity index (χ1n) is 7.51. The van der Waals surface area contributed by atoms with E-state index in [-0.39, 0.29) is 5.91 Å². The maximum atomic E-state index is 12.8. The third kappa shape index (κ3) is 4.05. The minimum atomic E-state index is 0.0974. The molecule has 0 spiro atoms. The van der Waals surface area contributed by atoms with Gasteiger partial charge >= 0.3 is 0 Å². The molecule has 0 saturated heterocycles. The number of carbonyl (C=O) groups is 1. The second-order valence-electron chi connectivity index (χ2n) is 5.43. The molecule has 2 heterocycles. The van der Waals surface area contributed by atoms with Gasteiger partial charge in [-0.1, -0.05) is 29.8 Å². The maximum absolute atomic E-state index is 12.8. The van der Waals surface area contributed by atoms with Gasteiger partial charge in [0.2, 0.25) is 5.91 Å². The number of carbonyl (C=O) groups excluding carboxylic acids is 1. The van der Waals surface area contributed by atoms with E-state index in [4.69, 9.17) is 0 Å². The molecule has 4 heteroatoms. The van der Waals surface area contributed by atoms with Gasteiger partial charge in [0.1, 0.15) is 0 Å². The minimum absolute atomic E-state index is 0.0974. The third-order valence-corrected chi connectivity index (χ3v) is 4.49. The Kier molecular flexibility index (Phi) is 4.83. The molecular weight excluding hydrogens is 304 g/mol. The number of hydrogen-bond acceptors (Lipinski definition) is 3. The monoisotopic (exact) mass is 322 g/mol. The lowest BCUT2D eigenvalue weighted by molar-refractivity contribution is -0.118. The van der Waals surface area contributed by atoms with Crippen LogP contribution < -0.4 is 4.90 Å². The lowest BCUT2D eigenvalue weighted by atomic mass is 10.1. The van der Waals surface area contributed by atoms with E-state index >= 15 is 0 Å². The van der Waals surface area contributed by atoms with Crippen molar-refractivity contribution in [3.63, 3.8) is 0 Å². The van der Waals surface area contributed by atoms with Crippen molar-refractivity contribution in [3.8, 4) is 0 Å². The molecule has 0 atom stereocenters. The summed E-state index contributed by atoms with van der Waals surface area (Å²) in [6.45, 7) is 2.57. The van der Waals surface area contributed by atoms with E-state index in [0.717, 1.165) is 16.1 Å². The van der Waals surface area contributed by atoms with Gasteiger partial charge in [-0.3, -0.25) is 9.78 Å². The first-order chi connectivity index (χ1) is 11.2. The molecular formula is C19H18N2OS. The lowest BCUT2D eigenvalue weighted by Crippen LogP contribution is -2.31. The number of anilines is 1. The Balaban J connectivity index is 1.86. The first-order valence-corrected chi connectivity index (χ1v) is 8.38. The smallest absolute Gasteiger partial charge is 0.232 e. The molecule has 3 aromatic rings. The fourth-order valence-corrected chi connectivity index (χ4v) is 3.08. The summed E-state index contributed by atoms with van der Waals surface area (Å²) in [5, 5.41) is 2.00. The molecule has 0 unspecified atom stereocenters. The summed E-state index contributed by atoms with van der Waals surface area (Å²) in [5.41, 5.74) is 3.12. The number of aryl methyl sites for hydroxylation is 1. The molecule has 3 nitrogen and oxygen atoms in total. The van der Waals surface area contributed by atoms with Crippen LogP contribution in [-0.4, -0.2) is 10.9 Å². The Morgan fingerprint density at radius 3 is 2.61 bits per heavy atom. The highest BCUT2D eigenvalue weighted by Gasteiger charge is 2.17. The van der Waals surface area contributed by atoms with E-state index in [0.29, 0.717) is 13.0 Å². The number of thiophene rings is 1. The van der Waals surface area contributed by atoms with Crippen LogP contribution in [-0.2, 0) is 17.8 Å². The minimum Gasteiger partial charge on any atom is -0.308 e. The van der Waals surface area contributed by atoms with E-state index < -0.39 is 0 Å². The Morgan fingerprint density at radius 2 is 1.96 bits per heavy atom. The van der Waals surface area contributed by atoms with Gasteiger partial charge in [0, 0.05) is 23.0 Å². The Hall–Kier alpha value is -2.46. The highest BCUT2D eigenvalue weighted by molar-refractivity contribution is 7.10. The van der Waals surface area contributed by atoms with Gasteiger partial charge in [0.25, 0.3) is 0 Å². The van der Waals surface area contributed by atoms with Crippen molar-refractivity contribution in [1.29, 1.82) is 0 Å². The molecule has 0 fully saturated rings. The molecule has 0 saturated carbocycles. The highest BCUT2D eigenvalue weighted by atomic mass is 32.1. The molecule has 0 N–H and O–H groups in total. The molecule has 116 valence electrons. The van der Waals surface area contributed by atoms with Gasteiger partial charge < -0.3 is 4.90 Å². The van der Waals surface area contributed by atoms with Crippen molar-refractivity contribution in [2.75, 3.05) is 4.90 Å². The number of amides is 1. The average molecular weight is 322 g/mol. The van der Waals surface area contributed by atoms with Crippen LogP contribution in [0.25, 0.3) is 0 Å². The van der Waals surface area contributed by atoms with Crippen LogP contribution >= 0.6 is 11.3 Å². The largest absolute Gasteiger partial charge is 0.308 e. The van der Waals surface area contributed by atoms with Crippen LogP contribution in [0, 0.1) is 6.92 Å². The number of benzene rings is 1. The highest BCUT2D eigenvalue weighted by Crippen LogP contribution is 2.20. The molecule has 3 rings (SSSR count). The molecule has 23 heavy (non-hydrogen) atoms. The number of hydrogen-bond donors (Lipinski definition) is 0. The molecule has 0 aliphatic heterocycles. The van der Waals surface area contributed by atoms with E-state index in [2.05, 4.69) is 4.98 Å². The molecule has 0 aliphatic rings. The predicted octanol–water partition coefficient (Wildman–Crippen LogP) is 4.23. The summed E-state index contributed by atoms with van der Waals surface area (Å²) < 4.78 is 0.